The first-order chi connectivity index (χ1) is 8.09. The fourth-order valence-corrected chi connectivity index (χ4v) is 2.21. The van der Waals surface area contributed by atoms with Crippen molar-refractivity contribution in [1.82, 2.24) is 4.98 Å². The molecule has 88 valence electrons. The molecule has 1 heterocycles. The molecule has 2 rings (SSSR count). The number of aryl methyl sites for hydroxylation is 1. The van der Waals surface area contributed by atoms with Gasteiger partial charge in [0, 0.05) is 16.0 Å². The Morgan fingerprint density at radius 1 is 1.35 bits per heavy atom. The number of hydrogen-bond donors (Lipinski definition) is 1. The van der Waals surface area contributed by atoms with E-state index in [1.807, 2.05) is 37.4 Å². The SMILES string of the molecule is Cc1ccncc1C(N)c1ccc(I)c(Cl)c1. The lowest BCUT2D eigenvalue weighted by molar-refractivity contribution is 0.852. The lowest BCUT2D eigenvalue weighted by Crippen LogP contribution is -2.13. The third kappa shape index (κ3) is 2.78. The zero-order valence-electron chi connectivity index (χ0n) is 9.32. The minimum atomic E-state index is -0.182. The summed E-state index contributed by atoms with van der Waals surface area (Å²) in [4.78, 5) is 4.12. The van der Waals surface area contributed by atoms with E-state index in [1.165, 1.54) is 0 Å². The van der Waals surface area contributed by atoms with Crippen molar-refractivity contribution >= 4 is 34.2 Å². The van der Waals surface area contributed by atoms with Crippen molar-refractivity contribution in [2.75, 3.05) is 0 Å². The van der Waals surface area contributed by atoms with Crippen molar-refractivity contribution in [3.63, 3.8) is 0 Å². The molecule has 1 unspecified atom stereocenters. The van der Waals surface area contributed by atoms with Gasteiger partial charge < -0.3 is 5.73 Å². The Bertz CT molecular complexity index is 543. The lowest BCUT2D eigenvalue weighted by Gasteiger charge is -2.15. The smallest absolute Gasteiger partial charge is 0.0570 e. The molecule has 1 aromatic carbocycles. The number of pyridine rings is 1. The van der Waals surface area contributed by atoms with Crippen molar-refractivity contribution in [2.45, 2.75) is 13.0 Å². The maximum Gasteiger partial charge on any atom is 0.0570 e. The standard InChI is InChI=1S/C13H12ClIN2/c1-8-4-5-17-7-10(8)13(16)9-2-3-12(15)11(14)6-9/h2-7,13H,16H2,1H3. The van der Waals surface area contributed by atoms with Crippen LogP contribution < -0.4 is 5.73 Å². The summed E-state index contributed by atoms with van der Waals surface area (Å²) in [5.41, 5.74) is 9.41. The van der Waals surface area contributed by atoms with Crippen LogP contribution in [0.15, 0.2) is 36.7 Å². The van der Waals surface area contributed by atoms with E-state index >= 15 is 0 Å². The quantitative estimate of drug-likeness (QED) is 0.832. The Hall–Kier alpha value is -0.650. The number of aromatic nitrogens is 1. The summed E-state index contributed by atoms with van der Waals surface area (Å²) in [6, 6.07) is 7.68. The number of benzene rings is 1. The van der Waals surface area contributed by atoms with E-state index in [-0.39, 0.29) is 6.04 Å². The van der Waals surface area contributed by atoms with Gasteiger partial charge in [-0.2, -0.15) is 0 Å². The maximum absolute atomic E-state index is 6.24. The van der Waals surface area contributed by atoms with Crippen molar-refractivity contribution in [2.24, 2.45) is 5.73 Å². The van der Waals surface area contributed by atoms with Gasteiger partial charge in [-0.05, 0) is 64.4 Å². The van der Waals surface area contributed by atoms with Crippen LogP contribution in [0, 0.1) is 10.5 Å². The molecule has 0 saturated carbocycles. The Kier molecular flexibility index (Phi) is 4.01. The van der Waals surface area contributed by atoms with Crippen molar-refractivity contribution < 1.29 is 0 Å². The highest BCUT2D eigenvalue weighted by molar-refractivity contribution is 14.1. The van der Waals surface area contributed by atoms with E-state index < -0.39 is 0 Å². The van der Waals surface area contributed by atoms with Crippen LogP contribution in [0.4, 0.5) is 0 Å². The lowest BCUT2D eigenvalue weighted by atomic mass is 9.98. The molecule has 0 saturated heterocycles. The van der Waals surface area contributed by atoms with Gasteiger partial charge >= 0.3 is 0 Å². The average Bonchev–Trinajstić information content (AvgIpc) is 2.32. The van der Waals surface area contributed by atoms with Crippen molar-refractivity contribution in [1.29, 1.82) is 0 Å². The van der Waals surface area contributed by atoms with Gasteiger partial charge in [-0.25, -0.2) is 0 Å². The second-order valence-electron chi connectivity index (χ2n) is 3.88. The Morgan fingerprint density at radius 2 is 2.12 bits per heavy atom. The molecule has 2 N–H and O–H groups in total. The van der Waals surface area contributed by atoms with Gasteiger partial charge in [0.15, 0.2) is 0 Å². The minimum Gasteiger partial charge on any atom is -0.320 e. The van der Waals surface area contributed by atoms with E-state index in [2.05, 4.69) is 27.6 Å². The molecule has 2 aromatic rings. The molecule has 0 aliphatic heterocycles. The summed E-state index contributed by atoms with van der Waals surface area (Å²) in [6.07, 6.45) is 3.58. The van der Waals surface area contributed by atoms with Gasteiger partial charge in [-0.3, -0.25) is 4.98 Å². The number of hydrogen-bond acceptors (Lipinski definition) is 2. The molecule has 0 fully saturated rings. The first-order valence-electron chi connectivity index (χ1n) is 5.20. The van der Waals surface area contributed by atoms with Crippen molar-refractivity contribution in [3.8, 4) is 0 Å². The zero-order chi connectivity index (χ0) is 12.4. The highest BCUT2D eigenvalue weighted by Crippen LogP contribution is 2.26. The maximum atomic E-state index is 6.24. The molecular formula is C13H12ClIN2. The Morgan fingerprint density at radius 3 is 2.76 bits per heavy atom. The monoisotopic (exact) mass is 358 g/mol. The van der Waals surface area contributed by atoms with Crippen LogP contribution in [-0.2, 0) is 0 Å². The second kappa shape index (κ2) is 5.33. The van der Waals surface area contributed by atoms with Crippen molar-refractivity contribution in [3.05, 3.63) is 61.9 Å². The van der Waals surface area contributed by atoms with Crippen LogP contribution in [-0.4, -0.2) is 4.98 Å². The van der Waals surface area contributed by atoms with Crippen LogP contribution in [0.3, 0.4) is 0 Å². The van der Waals surface area contributed by atoms with Gasteiger partial charge in [0.25, 0.3) is 0 Å². The molecular weight excluding hydrogens is 347 g/mol. The van der Waals surface area contributed by atoms with Gasteiger partial charge in [-0.1, -0.05) is 17.7 Å². The van der Waals surface area contributed by atoms with E-state index in [4.69, 9.17) is 17.3 Å². The predicted octanol–water partition coefficient (Wildman–Crippen LogP) is 3.70. The van der Waals surface area contributed by atoms with E-state index in [9.17, 15) is 0 Å². The first-order valence-corrected chi connectivity index (χ1v) is 6.66. The molecule has 4 heteroatoms. The van der Waals surface area contributed by atoms with E-state index in [0.717, 1.165) is 25.3 Å². The van der Waals surface area contributed by atoms with Gasteiger partial charge in [-0.15, -0.1) is 0 Å². The largest absolute Gasteiger partial charge is 0.320 e. The number of halogens is 2. The number of nitrogens with two attached hydrogens (primary N) is 1. The first kappa shape index (κ1) is 12.8. The minimum absolute atomic E-state index is 0.182. The summed E-state index contributed by atoms with van der Waals surface area (Å²) >= 11 is 8.31. The third-order valence-electron chi connectivity index (χ3n) is 2.72. The summed E-state index contributed by atoms with van der Waals surface area (Å²) in [6.45, 7) is 2.03. The van der Waals surface area contributed by atoms with Gasteiger partial charge in [0.1, 0.15) is 0 Å². The Labute approximate surface area is 119 Å². The average molecular weight is 359 g/mol. The molecule has 2 nitrogen and oxygen atoms in total. The molecule has 0 aliphatic rings. The highest BCUT2D eigenvalue weighted by atomic mass is 127. The summed E-state index contributed by atoms with van der Waals surface area (Å²) < 4.78 is 1.03. The summed E-state index contributed by atoms with van der Waals surface area (Å²) in [5.74, 6) is 0. The fraction of sp³-hybridized carbons (Fsp3) is 0.154. The van der Waals surface area contributed by atoms with Crippen LogP contribution in [0.5, 0.6) is 0 Å². The summed E-state index contributed by atoms with van der Waals surface area (Å²) in [5, 5.41) is 0.736. The molecule has 0 radical (unpaired) electrons. The molecule has 0 spiro atoms. The van der Waals surface area contributed by atoms with Crippen LogP contribution in [0.1, 0.15) is 22.7 Å². The molecule has 17 heavy (non-hydrogen) atoms. The van der Waals surface area contributed by atoms with Crippen LogP contribution >= 0.6 is 34.2 Å². The number of rotatable bonds is 2. The molecule has 1 aromatic heterocycles. The highest BCUT2D eigenvalue weighted by Gasteiger charge is 2.12. The fourth-order valence-electron chi connectivity index (χ4n) is 1.69. The van der Waals surface area contributed by atoms with Gasteiger partial charge in [0.2, 0.25) is 0 Å². The molecule has 1 atom stereocenters. The normalized spacial score (nSPS) is 12.5. The van der Waals surface area contributed by atoms with E-state index in [0.29, 0.717) is 0 Å². The zero-order valence-corrected chi connectivity index (χ0v) is 12.2. The van der Waals surface area contributed by atoms with E-state index in [1.54, 1.807) is 6.20 Å². The number of nitrogens with zero attached hydrogens (tertiary/aromatic N) is 1. The Balaban J connectivity index is 2.40. The van der Waals surface area contributed by atoms with Crippen LogP contribution in [0.25, 0.3) is 0 Å². The van der Waals surface area contributed by atoms with Crippen LogP contribution in [0.2, 0.25) is 5.02 Å². The third-order valence-corrected chi connectivity index (χ3v) is 4.29. The second-order valence-corrected chi connectivity index (χ2v) is 5.45. The molecule has 0 amide bonds. The summed E-state index contributed by atoms with van der Waals surface area (Å²) in [7, 11) is 0. The topological polar surface area (TPSA) is 38.9 Å². The molecule has 0 bridgehead atoms. The molecule has 0 aliphatic carbocycles. The predicted molar refractivity (Wildman–Crippen MR) is 79.2 cm³/mol. The van der Waals surface area contributed by atoms with Gasteiger partial charge in [0.05, 0.1) is 11.1 Å².